The van der Waals surface area contributed by atoms with Gasteiger partial charge in [-0.1, -0.05) is 18.2 Å². The average molecular weight is 355 g/mol. The van der Waals surface area contributed by atoms with Crippen LogP contribution < -0.4 is 0 Å². The molecule has 0 bridgehead atoms. The molecule has 1 saturated carbocycles. The average Bonchev–Trinajstić information content (AvgIpc) is 3.14. The molecule has 1 aliphatic carbocycles. The van der Waals surface area contributed by atoms with E-state index in [0.717, 1.165) is 5.56 Å². The number of oxazole rings is 1. The summed E-state index contributed by atoms with van der Waals surface area (Å²) in [6.07, 6.45) is 2.51. The smallest absolute Gasteiger partial charge is 0.323 e. The van der Waals surface area contributed by atoms with E-state index in [9.17, 15) is 9.59 Å². The monoisotopic (exact) mass is 355 g/mol. The quantitative estimate of drug-likeness (QED) is 0.621. The predicted molar refractivity (Wildman–Crippen MR) is 92.5 cm³/mol. The molecule has 0 N–H and O–H groups in total. The molecule has 1 saturated heterocycles. The first-order valence-electron chi connectivity index (χ1n) is 8.87. The Labute approximate surface area is 151 Å². The summed E-state index contributed by atoms with van der Waals surface area (Å²) in [7, 11) is 1.66. The van der Waals surface area contributed by atoms with E-state index in [4.69, 9.17) is 13.9 Å². The zero-order valence-corrected chi connectivity index (χ0v) is 14.9. The highest BCUT2D eigenvalue weighted by Crippen LogP contribution is 2.44. The van der Waals surface area contributed by atoms with Gasteiger partial charge in [0.1, 0.15) is 11.5 Å². The SMILES string of the molecule is COC1CCC2(CC1)OC(=O)C(c1nc(-c3ccccc3)oc1C)C2=O. The van der Waals surface area contributed by atoms with Crippen molar-refractivity contribution in [3.63, 3.8) is 0 Å². The molecule has 26 heavy (non-hydrogen) atoms. The van der Waals surface area contributed by atoms with Gasteiger partial charge in [-0.05, 0) is 44.7 Å². The molecule has 1 atom stereocenters. The van der Waals surface area contributed by atoms with Crippen molar-refractivity contribution in [1.82, 2.24) is 4.98 Å². The fraction of sp³-hybridized carbons (Fsp3) is 0.450. The van der Waals surface area contributed by atoms with E-state index in [1.54, 1.807) is 14.0 Å². The maximum absolute atomic E-state index is 13.1. The second kappa shape index (κ2) is 6.36. The van der Waals surface area contributed by atoms with Gasteiger partial charge in [0.25, 0.3) is 0 Å². The van der Waals surface area contributed by atoms with Crippen LogP contribution in [0, 0.1) is 6.92 Å². The lowest BCUT2D eigenvalue weighted by Crippen LogP contribution is -2.42. The molecular formula is C20H21NO5. The minimum atomic E-state index is -1.03. The normalized spacial score (nSPS) is 28.5. The van der Waals surface area contributed by atoms with Crippen LogP contribution >= 0.6 is 0 Å². The second-order valence-electron chi connectivity index (χ2n) is 6.97. The molecule has 1 aromatic carbocycles. The number of aromatic nitrogens is 1. The largest absolute Gasteiger partial charge is 0.450 e. The number of aryl methyl sites for hydroxylation is 1. The minimum absolute atomic E-state index is 0.115. The number of carbonyl (C=O) groups is 2. The number of nitrogens with zero attached hydrogens (tertiary/aromatic N) is 1. The van der Waals surface area contributed by atoms with E-state index in [0.29, 0.717) is 43.0 Å². The van der Waals surface area contributed by atoms with Gasteiger partial charge >= 0.3 is 5.97 Å². The molecular weight excluding hydrogens is 334 g/mol. The van der Waals surface area contributed by atoms with E-state index in [-0.39, 0.29) is 11.9 Å². The van der Waals surface area contributed by atoms with Crippen LogP contribution in [0.25, 0.3) is 11.5 Å². The third kappa shape index (κ3) is 2.65. The van der Waals surface area contributed by atoms with Gasteiger partial charge in [-0.25, -0.2) is 4.98 Å². The number of hydrogen-bond donors (Lipinski definition) is 0. The van der Waals surface area contributed by atoms with Gasteiger partial charge in [0.2, 0.25) is 5.89 Å². The van der Waals surface area contributed by atoms with Crippen molar-refractivity contribution in [2.75, 3.05) is 7.11 Å². The van der Waals surface area contributed by atoms with Gasteiger partial charge in [0.15, 0.2) is 17.3 Å². The fourth-order valence-corrected chi connectivity index (χ4v) is 3.93. The van der Waals surface area contributed by atoms with Crippen molar-refractivity contribution in [3.8, 4) is 11.5 Å². The summed E-state index contributed by atoms with van der Waals surface area (Å²) in [5.41, 5.74) is 0.135. The van der Waals surface area contributed by atoms with E-state index >= 15 is 0 Å². The molecule has 136 valence electrons. The topological polar surface area (TPSA) is 78.6 Å². The highest BCUT2D eigenvalue weighted by molar-refractivity contribution is 6.13. The first-order valence-corrected chi connectivity index (χ1v) is 8.87. The molecule has 0 radical (unpaired) electrons. The van der Waals surface area contributed by atoms with Gasteiger partial charge in [-0.2, -0.15) is 0 Å². The van der Waals surface area contributed by atoms with E-state index < -0.39 is 17.5 Å². The summed E-state index contributed by atoms with van der Waals surface area (Å²) < 4.78 is 16.7. The van der Waals surface area contributed by atoms with Crippen LogP contribution in [0.5, 0.6) is 0 Å². The van der Waals surface area contributed by atoms with Crippen LogP contribution in [0.2, 0.25) is 0 Å². The lowest BCUT2D eigenvalue weighted by Gasteiger charge is -2.33. The number of ketones is 1. The Morgan fingerprint density at radius 2 is 1.85 bits per heavy atom. The number of rotatable bonds is 3. The van der Waals surface area contributed by atoms with E-state index in [1.807, 2.05) is 30.3 Å². The Bertz CT molecular complexity index is 833. The van der Waals surface area contributed by atoms with Gasteiger partial charge in [-0.3, -0.25) is 9.59 Å². The Balaban J connectivity index is 1.64. The fourth-order valence-electron chi connectivity index (χ4n) is 3.93. The Kier molecular flexibility index (Phi) is 4.15. The van der Waals surface area contributed by atoms with Crippen molar-refractivity contribution in [2.45, 2.75) is 50.2 Å². The molecule has 1 aromatic heterocycles. The summed E-state index contributed by atoms with van der Waals surface area (Å²) >= 11 is 0. The number of methoxy groups -OCH3 is 1. The molecule has 2 aliphatic rings. The molecule has 6 nitrogen and oxygen atoms in total. The summed E-state index contributed by atoms with van der Waals surface area (Å²) in [5.74, 6) is -0.852. The zero-order valence-electron chi connectivity index (χ0n) is 14.9. The Morgan fingerprint density at radius 3 is 2.50 bits per heavy atom. The van der Waals surface area contributed by atoms with E-state index in [1.165, 1.54) is 0 Å². The molecule has 2 heterocycles. The van der Waals surface area contributed by atoms with Crippen LogP contribution in [-0.2, 0) is 19.1 Å². The van der Waals surface area contributed by atoms with Crippen LogP contribution in [0.1, 0.15) is 43.1 Å². The molecule has 4 rings (SSSR count). The van der Waals surface area contributed by atoms with Crippen LogP contribution in [-0.4, -0.2) is 35.6 Å². The van der Waals surface area contributed by atoms with Crippen LogP contribution in [0.15, 0.2) is 34.7 Å². The van der Waals surface area contributed by atoms with E-state index in [2.05, 4.69) is 4.98 Å². The van der Waals surface area contributed by atoms with Gasteiger partial charge in [0, 0.05) is 12.7 Å². The van der Waals surface area contributed by atoms with Crippen molar-refractivity contribution in [1.29, 1.82) is 0 Å². The third-order valence-corrected chi connectivity index (χ3v) is 5.44. The third-order valence-electron chi connectivity index (χ3n) is 5.44. The molecule has 6 heteroatoms. The zero-order chi connectivity index (χ0) is 18.3. The molecule has 0 amide bonds. The lowest BCUT2D eigenvalue weighted by atomic mass is 9.78. The standard InChI is InChI=1S/C20H21NO5/c1-12-16(21-18(25-12)13-6-4-3-5-7-13)15-17(22)20(26-19(15)23)10-8-14(24-2)9-11-20/h3-7,14-15H,8-11H2,1-2H3. The molecule has 1 spiro atoms. The molecule has 1 unspecified atom stereocenters. The highest BCUT2D eigenvalue weighted by atomic mass is 16.6. The molecule has 1 aliphatic heterocycles. The number of ether oxygens (including phenoxy) is 2. The van der Waals surface area contributed by atoms with Crippen molar-refractivity contribution in [3.05, 3.63) is 41.8 Å². The number of esters is 1. The summed E-state index contributed by atoms with van der Waals surface area (Å²) in [6, 6.07) is 9.41. The maximum atomic E-state index is 13.1. The summed E-state index contributed by atoms with van der Waals surface area (Å²) in [6.45, 7) is 1.72. The number of carbonyl (C=O) groups excluding carboxylic acids is 2. The van der Waals surface area contributed by atoms with Gasteiger partial charge in [-0.15, -0.1) is 0 Å². The molecule has 2 aromatic rings. The predicted octanol–water partition coefficient (Wildman–Crippen LogP) is 3.19. The minimum Gasteiger partial charge on any atom is -0.450 e. The van der Waals surface area contributed by atoms with Crippen molar-refractivity contribution >= 4 is 11.8 Å². The number of hydrogen-bond acceptors (Lipinski definition) is 6. The highest BCUT2D eigenvalue weighted by Gasteiger charge is 2.58. The first-order chi connectivity index (χ1) is 12.5. The van der Waals surface area contributed by atoms with Crippen LogP contribution in [0.3, 0.4) is 0 Å². The summed E-state index contributed by atoms with van der Waals surface area (Å²) in [5, 5.41) is 0. The van der Waals surface area contributed by atoms with Crippen molar-refractivity contribution < 1.29 is 23.5 Å². The molecule has 2 fully saturated rings. The lowest BCUT2D eigenvalue weighted by molar-refractivity contribution is -0.157. The second-order valence-corrected chi connectivity index (χ2v) is 6.97. The van der Waals surface area contributed by atoms with Crippen LogP contribution in [0.4, 0.5) is 0 Å². The van der Waals surface area contributed by atoms with Gasteiger partial charge in [0.05, 0.1) is 6.10 Å². The van der Waals surface area contributed by atoms with Gasteiger partial charge < -0.3 is 13.9 Å². The summed E-state index contributed by atoms with van der Waals surface area (Å²) in [4.78, 5) is 30.1. The Hall–Kier alpha value is -2.47. The number of benzene rings is 1. The first kappa shape index (κ1) is 17.0. The maximum Gasteiger partial charge on any atom is 0.323 e. The number of Topliss-reactive ketones (excluding diaryl/α,β-unsaturated/α-hetero) is 1. The Morgan fingerprint density at radius 1 is 1.15 bits per heavy atom. The van der Waals surface area contributed by atoms with Crippen molar-refractivity contribution in [2.24, 2.45) is 0 Å².